The molecule has 0 spiro atoms. The van der Waals surface area contributed by atoms with Gasteiger partial charge in [-0.2, -0.15) is 0 Å². The maximum atomic E-state index is 6.06. The quantitative estimate of drug-likeness (QED) is 0.547. The molecule has 0 aliphatic carbocycles. The van der Waals surface area contributed by atoms with Crippen molar-refractivity contribution in [3.63, 3.8) is 0 Å². The Labute approximate surface area is 79.5 Å². The molecule has 70 valence electrons. The maximum Gasteiger partial charge on any atom is 0.0706 e. The van der Waals surface area contributed by atoms with Crippen molar-refractivity contribution in [3.8, 4) is 0 Å². The first-order chi connectivity index (χ1) is 5.13. The number of hydrogen-bond acceptors (Lipinski definition) is 0. The van der Waals surface area contributed by atoms with Crippen LogP contribution in [0.1, 0.15) is 54.4 Å². The first-order valence-electron chi connectivity index (χ1n) is 4.88. The molecule has 0 aliphatic rings. The summed E-state index contributed by atoms with van der Waals surface area (Å²) in [4.78, 5) is 0. The zero-order valence-corrected chi connectivity index (χ0v) is 9.57. The molecule has 2 radical (unpaired) electrons. The molecule has 0 bridgehead atoms. The first-order valence-corrected chi connectivity index (χ1v) is 4.88. The Hall–Kier alpha value is 0.0649. The molecule has 0 saturated carbocycles. The fourth-order valence-corrected chi connectivity index (χ4v) is 1.02. The summed E-state index contributed by atoms with van der Waals surface area (Å²) in [5.41, 5.74) is 0.675. The molecule has 0 saturated heterocycles. The molecule has 0 aliphatic heterocycles. The molecular formula is C11H23B. The molecule has 0 nitrogen and oxygen atoms in total. The molecule has 0 aromatic rings. The molecule has 0 aromatic carbocycles. The van der Waals surface area contributed by atoms with Gasteiger partial charge in [-0.1, -0.05) is 53.8 Å². The van der Waals surface area contributed by atoms with Gasteiger partial charge in [0.25, 0.3) is 0 Å². The van der Waals surface area contributed by atoms with Crippen LogP contribution in [-0.4, -0.2) is 7.85 Å². The number of rotatable bonds is 2. The third-order valence-corrected chi connectivity index (χ3v) is 2.32. The highest BCUT2D eigenvalue weighted by Crippen LogP contribution is 2.35. The normalized spacial score (nSPS) is 16.2. The standard InChI is InChI=1S/C11H23B/c1-10(2,3)8-7-9(12)11(4,5)6/h9H,7-8H2,1-6H3. The molecule has 0 rings (SSSR count). The van der Waals surface area contributed by atoms with E-state index in [-0.39, 0.29) is 5.41 Å². The Balaban J connectivity index is 3.80. The third-order valence-electron chi connectivity index (χ3n) is 2.32. The molecule has 1 unspecified atom stereocenters. The van der Waals surface area contributed by atoms with Gasteiger partial charge in [0, 0.05) is 0 Å². The lowest BCUT2D eigenvalue weighted by molar-refractivity contribution is 0.302. The van der Waals surface area contributed by atoms with Gasteiger partial charge in [-0.3, -0.25) is 0 Å². The van der Waals surface area contributed by atoms with E-state index in [1.165, 1.54) is 6.42 Å². The Morgan fingerprint density at radius 3 is 1.67 bits per heavy atom. The van der Waals surface area contributed by atoms with Crippen molar-refractivity contribution in [2.24, 2.45) is 10.8 Å². The monoisotopic (exact) mass is 166 g/mol. The summed E-state index contributed by atoms with van der Waals surface area (Å²) in [6, 6.07) is 0. The second-order valence-corrected chi connectivity index (χ2v) is 6.07. The summed E-state index contributed by atoms with van der Waals surface area (Å²) in [6.07, 6.45) is 2.35. The highest BCUT2D eigenvalue weighted by molar-refractivity contribution is 6.12. The summed E-state index contributed by atoms with van der Waals surface area (Å²) in [6.45, 7) is 13.4. The second kappa shape index (κ2) is 3.85. The lowest BCUT2D eigenvalue weighted by Gasteiger charge is -2.30. The van der Waals surface area contributed by atoms with Crippen molar-refractivity contribution in [1.29, 1.82) is 0 Å². The number of hydrogen-bond donors (Lipinski definition) is 0. The van der Waals surface area contributed by atoms with E-state index in [1.807, 2.05) is 0 Å². The average molecular weight is 166 g/mol. The molecular weight excluding hydrogens is 143 g/mol. The predicted molar refractivity (Wildman–Crippen MR) is 57.6 cm³/mol. The highest BCUT2D eigenvalue weighted by atomic mass is 14.2. The molecule has 1 atom stereocenters. The van der Waals surface area contributed by atoms with Crippen molar-refractivity contribution >= 4 is 7.85 Å². The van der Waals surface area contributed by atoms with Gasteiger partial charge < -0.3 is 0 Å². The van der Waals surface area contributed by atoms with Crippen LogP contribution < -0.4 is 0 Å². The SMILES string of the molecule is [B]C(CCC(C)(C)C)C(C)(C)C. The van der Waals surface area contributed by atoms with Crippen molar-refractivity contribution in [1.82, 2.24) is 0 Å². The zero-order valence-electron chi connectivity index (χ0n) is 9.57. The van der Waals surface area contributed by atoms with Gasteiger partial charge in [0.1, 0.15) is 0 Å². The summed E-state index contributed by atoms with van der Waals surface area (Å²) in [5.74, 6) is 0.330. The van der Waals surface area contributed by atoms with Crippen molar-refractivity contribution < 1.29 is 0 Å². The van der Waals surface area contributed by atoms with Crippen LogP contribution in [0.5, 0.6) is 0 Å². The van der Waals surface area contributed by atoms with Crippen LogP contribution in [0.2, 0.25) is 5.82 Å². The Bertz CT molecular complexity index is 125. The van der Waals surface area contributed by atoms with Gasteiger partial charge in [-0.05, 0) is 17.3 Å². The fraction of sp³-hybridized carbons (Fsp3) is 1.00. The van der Waals surface area contributed by atoms with Gasteiger partial charge in [0.15, 0.2) is 0 Å². The topological polar surface area (TPSA) is 0 Å². The van der Waals surface area contributed by atoms with E-state index in [2.05, 4.69) is 41.5 Å². The molecule has 0 amide bonds. The van der Waals surface area contributed by atoms with Crippen LogP contribution in [0.25, 0.3) is 0 Å². The van der Waals surface area contributed by atoms with Crippen LogP contribution in [0.4, 0.5) is 0 Å². The Morgan fingerprint density at radius 1 is 1.00 bits per heavy atom. The van der Waals surface area contributed by atoms with E-state index in [0.29, 0.717) is 11.2 Å². The van der Waals surface area contributed by atoms with Crippen molar-refractivity contribution in [3.05, 3.63) is 0 Å². The van der Waals surface area contributed by atoms with Crippen LogP contribution >= 0.6 is 0 Å². The fourth-order valence-electron chi connectivity index (χ4n) is 1.02. The largest absolute Gasteiger partial charge is 0.0726 e. The predicted octanol–water partition coefficient (Wildman–Crippen LogP) is 3.82. The lowest BCUT2D eigenvalue weighted by Crippen LogP contribution is -2.17. The Kier molecular flexibility index (Phi) is 3.87. The van der Waals surface area contributed by atoms with E-state index in [9.17, 15) is 0 Å². The highest BCUT2D eigenvalue weighted by Gasteiger charge is 2.21. The summed E-state index contributed by atoms with van der Waals surface area (Å²) in [7, 11) is 6.06. The Morgan fingerprint density at radius 2 is 1.42 bits per heavy atom. The summed E-state index contributed by atoms with van der Waals surface area (Å²) in [5, 5.41) is 0. The molecule has 1 heteroatoms. The minimum Gasteiger partial charge on any atom is -0.0726 e. The van der Waals surface area contributed by atoms with Gasteiger partial charge in [-0.15, -0.1) is 0 Å². The minimum atomic E-state index is 0.255. The first kappa shape index (κ1) is 12.1. The van der Waals surface area contributed by atoms with Crippen LogP contribution in [0.15, 0.2) is 0 Å². The minimum absolute atomic E-state index is 0.255. The lowest BCUT2D eigenvalue weighted by atomic mass is 9.65. The van der Waals surface area contributed by atoms with Gasteiger partial charge in [0.05, 0.1) is 7.85 Å². The van der Waals surface area contributed by atoms with Gasteiger partial charge in [0.2, 0.25) is 0 Å². The van der Waals surface area contributed by atoms with Crippen LogP contribution in [0.3, 0.4) is 0 Å². The van der Waals surface area contributed by atoms with E-state index in [1.54, 1.807) is 0 Å². The van der Waals surface area contributed by atoms with Crippen LogP contribution in [-0.2, 0) is 0 Å². The van der Waals surface area contributed by atoms with Gasteiger partial charge in [-0.25, -0.2) is 0 Å². The summed E-state index contributed by atoms with van der Waals surface area (Å²) >= 11 is 0. The van der Waals surface area contributed by atoms with Gasteiger partial charge >= 0.3 is 0 Å². The van der Waals surface area contributed by atoms with Crippen molar-refractivity contribution in [2.45, 2.75) is 60.2 Å². The molecule has 0 aromatic heterocycles. The molecule has 12 heavy (non-hydrogen) atoms. The second-order valence-electron chi connectivity index (χ2n) is 6.07. The zero-order chi connectivity index (χ0) is 9.99. The van der Waals surface area contributed by atoms with E-state index < -0.39 is 0 Å². The molecule has 0 N–H and O–H groups in total. The summed E-state index contributed by atoms with van der Waals surface area (Å²) < 4.78 is 0. The molecule has 0 heterocycles. The smallest absolute Gasteiger partial charge is 0.0706 e. The van der Waals surface area contributed by atoms with E-state index >= 15 is 0 Å². The van der Waals surface area contributed by atoms with Crippen molar-refractivity contribution in [2.75, 3.05) is 0 Å². The van der Waals surface area contributed by atoms with E-state index in [0.717, 1.165) is 6.42 Å². The molecule has 0 fully saturated rings. The average Bonchev–Trinajstić information content (AvgIpc) is 1.78. The van der Waals surface area contributed by atoms with Crippen LogP contribution in [0, 0.1) is 10.8 Å². The third kappa shape index (κ3) is 5.68. The van der Waals surface area contributed by atoms with E-state index in [4.69, 9.17) is 7.85 Å². The maximum absolute atomic E-state index is 6.06.